The molecule has 0 aliphatic carbocycles. The van der Waals surface area contributed by atoms with Gasteiger partial charge in [0.05, 0.1) is 10.9 Å². The molecule has 0 radical (unpaired) electrons. The molecule has 0 aliphatic heterocycles. The molecule has 0 spiro atoms. The average molecular weight is 276 g/mol. The number of carbonyl (C=O) groups is 1. The molecule has 0 saturated carbocycles. The maximum atomic E-state index is 12.0. The normalized spacial score (nSPS) is 13.4. The molecular weight excluding hydrogens is 262 g/mol. The van der Waals surface area contributed by atoms with Gasteiger partial charge in [0.2, 0.25) is 15.3 Å². The zero-order chi connectivity index (χ0) is 13.2. The van der Waals surface area contributed by atoms with Crippen LogP contribution in [0.2, 0.25) is 0 Å². The summed E-state index contributed by atoms with van der Waals surface area (Å²) in [5.41, 5.74) is 1.61. The fourth-order valence-corrected chi connectivity index (χ4v) is 2.99. The molecule has 1 atom stereocenters. The molecule has 1 rings (SSSR count). The maximum Gasteiger partial charge on any atom is 0.241 e. The Morgan fingerprint density at radius 2 is 1.94 bits per heavy atom. The number of benzene rings is 1. The number of halogens is 1. The van der Waals surface area contributed by atoms with E-state index in [1.807, 2.05) is 6.92 Å². The van der Waals surface area contributed by atoms with Crippen molar-refractivity contribution < 1.29 is 13.2 Å². The summed E-state index contributed by atoms with van der Waals surface area (Å²) >= 11 is 5.22. The van der Waals surface area contributed by atoms with Crippen molar-refractivity contribution in [3.05, 3.63) is 29.3 Å². The average Bonchev–Trinajstić information content (AvgIpc) is 2.15. The lowest BCUT2D eigenvalue weighted by Crippen LogP contribution is -2.36. The van der Waals surface area contributed by atoms with Crippen molar-refractivity contribution in [1.82, 2.24) is 4.72 Å². The van der Waals surface area contributed by atoms with Crippen LogP contribution >= 0.6 is 11.6 Å². The van der Waals surface area contributed by atoms with Crippen LogP contribution in [0.5, 0.6) is 0 Å². The van der Waals surface area contributed by atoms with Crippen LogP contribution in [0.3, 0.4) is 0 Å². The summed E-state index contributed by atoms with van der Waals surface area (Å²) in [6.07, 6.45) is 0. The van der Waals surface area contributed by atoms with E-state index in [-0.39, 0.29) is 4.90 Å². The number of carbonyl (C=O) groups excluding carboxylic acids is 1. The number of nitrogens with one attached hydrogen (secondary N) is 1. The predicted molar refractivity (Wildman–Crippen MR) is 66.6 cm³/mol. The second-order valence-corrected chi connectivity index (χ2v) is 5.97. The van der Waals surface area contributed by atoms with E-state index < -0.39 is 21.3 Å². The van der Waals surface area contributed by atoms with Crippen molar-refractivity contribution in [3.8, 4) is 0 Å². The largest absolute Gasteiger partial charge is 0.279 e. The smallest absolute Gasteiger partial charge is 0.241 e. The van der Waals surface area contributed by atoms with E-state index >= 15 is 0 Å². The highest BCUT2D eigenvalue weighted by atomic mass is 35.5. The molecule has 17 heavy (non-hydrogen) atoms. The molecule has 1 aromatic rings. The minimum atomic E-state index is -3.71. The fraction of sp³-hybridized carbons (Fsp3) is 0.364. The van der Waals surface area contributed by atoms with Gasteiger partial charge >= 0.3 is 0 Å². The third-order valence-corrected chi connectivity index (χ3v) is 4.32. The molecule has 1 aromatic carbocycles. The van der Waals surface area contributed by atoms with Gasteiger partial charge < -0.3 is 0 Å². The van der Waals surface area contributed by atoms with Crippen molar-refractivity contribution in [2.75, 3.05) is 0 Å². The molecule has 0 aliphatic rings. The number of hydrogen-bond acceptors (Lipinski definition) is 3. The first-order chi connectivity index (χ1) is 7.74. The molecule has 0 fully saturated rings. The Morgan fingerprint density at radius 3 is 2.41 bits per heavy atom. The van der Waals surface area contributed by atoms with Crippen LogP contribution in [0.1, 0.15) is 18.1 Å². The van der Waals surface area contributed by atoms with E-state index in [9.17, 15) is 13.2 Å². The highest BCUT2D eigenvalue weighted by molar-refractivity contribution is 7.89. The standard InChI is InChI=1S/C11H14ClNO3S/c1-7-4-5-10(8(2)6-7)17(15,16)13-9(3)11(12)14/h4-6,9,13H,1-3H3. The molecule has 6 heteroatoms. The minimum absolute atomic E-state index is 0.160. The van der Waals surface area contributed by atoms with Crippen LogP contribution in [0.25, 0.3) is 0 Å². The number of hydrogen-bond donors (Lipinski definition) is 1. The fourth-order valence-electron chi connectivity index (χ4n) is 1.44. The van der Waals surface area contributed by atoms with E-state index in [1.165, 1.54) is 13.0 Å². The van der Waals surface area contributed by atoms with Crippen molar-refractivity contribution in [1.29, 1.82) is 0 Å². The first kappa shape index (κ1) is 14.2. The topological polar surface area (TPSA) is 63.2 Å². The lowest BCUT2D eigenvalue weighted by molar-refractivity contribution is -0.112. The highest BCUT2D eigenvalue weighted by Gasteiger charge is 2.22. The molecule has 0 saturated heterocycles. The quantitative estimate of drug-likeness (QED) is 0.852. The van der Waals surface area contributed by atoms with Crippen LogP contribution in [0.4, 0.5) is 0 Å². The van der Waals surface area contributed by atoms with Gasteiger partial charge in [0, 0.05) is 0 Å². The van der Waals surface area contributed by atoms with Crippen LogP contribution in [0.15, 0.2) is 23.1 Å². The summed E-state index contributed by atoms with van der Waals surface area (Å²) in [4.78, 5) is 11.0. The zero-order valence-corrected chi connectivity index (χ0v) is 11.4. The first-order valence-electron chi connectivity index (χ1n) is 5.03. The minimum Gasteiger partial charge on any atom is -0.279 e. The zero-order valence-electron chi connectivity index (χ0n) is 9.82. The molecular formula is C11H14ClNO3S. The predicted octanol–water partition coefficient (Wildman–Crippen LogP) is 1.74. The van der Waals surface area contributed by atoms with Gasteiger partial charge in [-0.25, -0.2) is 8.42 Å². The summed E-state index contributed by atoms with van der Waals surface area (Å²) < 4.78 is 26.1. The lowest BCUT2D eigenvalue weighted by Gasteiger charge is -2.12. The Kier molecular flexibility index (Phi) is 4.30. The molecule has 1 unspecified atom stereocenters. The summed E-state index contributed by atoms with van der Waals surface area (Å²) in [6, 6.07) is 4.04. The molecule has 94 valence electrons. The lowest BCUT2D eigenvalue weighted by atomic mass is 10.2. The summed E-state index contributed by atoms with van der Waals surface area (Å²) in [7, 11) is -3.71. The number of aryl methyl sites for hydroxylation is 2. The molecule has 0 aromatic heterocycles. The summed E-state index contributed by atoms with van der Waals surface area (Å²) in [6.45, 7) is 4.98. The Hall–Kier alpha value is -0.910. The van der Waals surface area contributed by atoms with Gasteiger partial charge in [-0.1, -0.05) is 17.7 Å². The van der Waals surface area contributed by atoms with Gasteiger partial charge in [-0.2, -0.15) is 4.72 Å². The van der Waals surface area contributed by atoms with E-state index in [0.717, 1.165) is 5.56 Å². The third kappa shape index (κ3) is 3.52. The Balaban J connectivity index is 3.10. The Morgan fingerprint density at radius 1 is 1.35 bits per heavy atom. The monoisotopic (exact) mass is 275 g/mol. The molecule has 4 nitrogen and oxygen atoms in total. The van der Waals surface area contributed by atoms with E-state index in [4.69, 9.17) is 11.6 Å². The van der Waals surface area contributed by atoms with Crippen LogP contribution in [-0.4, -0.2) is 19.7 Å². The highest BCUT2D eigenvalue weighted by Crippen LogP contribution is 2.16. The number of sulfonamides is 1. The van der Waals surface area contributed by atoms with Gasteiger partial charge in [0.1, 0.15) is 0 Å². The van der Waals surface area contributed by atoms with Gasteiger partial charge in [0.25, 0.3) is 0 Å². The molecule has 0 bridgehead atoms. The van der Waals surface area contributed by atoms with Crippen molar-refractivity contribution in [3.63, 3.8) is 0 Å². The van der Waals surface area contributed by atoms with Crippen molar-refractivity contribution in [2.24, 2.45) is 0 Å². The van der Waals surface area contributed by atoms with Crippen molar-refractivity contribution in [2.45, 2.75) is 31.7 Å². The van der Waals surface area contributed by atoms with E-state index in [2.05, 4.69) is 4.72 Å². The van der Waals surface area contributed by atoms with Gasteiger partial charge in [-0.05, 0) is 44.0 Å². The second kappa shape index (κ2) is 5.16. The van der Waals surface area contributed by atoms with E-state index in [1.54, 1.807) is 19.1 Å². The summed E-state index contributed by atoms with van der Waals surface area (Å²) in [5.74, 6) is 0. The SMILES string of the molecule is Cc1ccc(S(=O)(=O)NC(C)C(=O)Cl)c(C)c1. The maximum absolute atomic E-state index is 12.0. The van der Waals surface area contributed by atoms with Crippen LogP contribution < -0.4 is 4.72 Å². The van der Waals surface area contributed by atoms with Gasteiger partial charge in [0.15, 0.2) is 0 Å². The van der Waals surface area contributed by atoms with Gasteiger partial charge in [-0.15, -0.1) is 0 Å². The second-order valence-electron chi connectivity index (χ2n) is 3.92. The van der Waals surface area contributed by atoms with Crippen LogP contribution in [-0.2, 0) is 14.8 Å². The summed E-state index contributed by atoms with van der Waals surface area (Å²) in [5, 5.41) is -0.738. The van der Waals surface area contributed by atoms with Gasteiger partial charge in [-0.3, -0.25) is 4.79 Å². The Bertz CT molecular complexity index is 540. The van der Waals surface area contributed by atoms with E-state index in [0.29, 0.717) is 5.56 Å². The number of rotatable bonds is 4. The molecule has 1 N–H and O–H groups in total. The Labute approximate surface area is 106 Å². The van der Waals surface area contributed by atoms with Crippen LogP contribution in [0, 0.1) is 13.8 Å². The molecule has 0 heterocycles. The molecule has 0 amide bonds. The van der Waals surface area contributed by atoms with Crippen molar-refractivity contribution >= 4 is 26.9 Å². The first-order valence-corrected chi connectivity index (χ1v) is 6.89. The third-order valence-electron chi connectivity index (χ3n) is 2.29.